The second-order valence-corrected chi connectivity index (χ2v) is 4.06. The Labute approximate surface area is 91.7 Å². The summed E-state index contributed by atoms with van der Waals surface area (Å²) in [5.74, 6) is 0. The minimum atomic E-state index is 0.978. The molecule has 1 heterocycles. The summed E-state index contributed by atoms with van der Waals surface area (Å²) < 4.78 is 0. The fourth-order valence-corrected chi connectivity index (χ4v) is 1.93. The molecule has 0 atom stereocenters. The molecule has 1 aromatic carbocycles. The van der Waals surface area contributed by atoms with Gasteiger partial charge in [-0.1, -0.05) is 0 Å². The van der Waals surface area contributed by atoms with Crippen molar-refractivity contribution in [3.05, 3.63) is 24.3 Å². The molecule has 3 heteroatoms. The van der Waals surface area contributed by atoms with E-state index in [0.29, 0.717) is 0 Å². The van der Waals surface area contributed by atoms with Crippen LogP contribution in [0.2, 0.25) is 0 Å². The van der Waals surface area contributed by atoms with Crippen LogP contribution in [0.25, 0.3) is 0 Å². The van der Waals surface area contributed by atoms with Crippen LogP contribution in [-0.2, 0) is 0 Å². The molecule has 1 aliphatic rings. The van der Waals surface area contributed by atoms with Gasteiger partial charge in [0.25, 0.3) is 0 Å². The van der Waals surface area contributed by atoms with Crippen molar-refractivity contribution in [1.29, 1.82) is 0 Å². The summed E-state index contributed by atoms with van der Waals surface area (Å²) in [6.45, 7) is 6.43. The Kier molecular flexibility index (Phi) is 3.11. The number of rotatable bonds is 3. The van der Waals surface area contributed by atoms with Crippen LogP contribution in [0.5, 0.6) is 0 Å². The van der Waals surface area contributed by atoms with E-state index in [0.717, 1.165) is 26.3 Å². The second kappa shape index (κ2) is 4.53. The van der Waals surface area contributed by atoms with E-state index < -0.39 is 0 Å². The second-order valence-electron chi connectivity index (χ2n) is 4.06. The Hall–Kier alpha value is -1.22. The molecule has 0 amide bonds. The van der Waals surface area contributed by atoms with Gasteiger partial charge in [0.1, 0.15) is 0 Å². The number of likely N-dealkylation sites (N-methyl/N-ethyl adjacent to an activating group) is 1. The molecule has 0 aliphatic carbocycles. The molecule has 1 fully saturated rings. The maximum absolute atomic E-state index is 3.31. The van der Waals surface area contributed by atoms with E-state index in [2.05, 4.69) is 53.4 Å². The molecule has 0 unspecified atom stereocenters. The van der Waals surface area contributed by atoms with E-state index >= 15 is 0 Å². The maximum Gasteiger partial charge on any atom is 0.0705 e. The van der Waals surface area contributed by atoms with Crippen molar-refractivity contribution >= 4 is 11.4 Å². The van der Waals surface area contributed by atoms with Crippen molar-refractivity contribution in [3.63, 3.8) is 0 Å². The molecule has 15 heavy (non-hydrogen) atoms. The minimum Gasteiger partial charge on any atom is -0.385 e. The van der Waals surface area contributed by atoms with Crippen LogP contribution in [0.3, 0.4) is 0 Å². The van der Waals surface area contributed by atoms with Crippen molar-refractivity contribution in [2.24, 2.45) is 0 Å². The number of nitrogens with zero attached hydrogens (tertiary/aromatic N) is 2. The molecule has 0 radical (unpaired) electrons. The van der Waals surface area contributed by atoms with Gasteiger partial charge in [0.2, 0.25) is 0 Å². The molecule has 1 N–H and O–H groups in total. The third-order valence-electron chi connectivity index (χ3n) is 2.78. The molecule has 0 bridgehead atoms. The van der Waals surface area contributed by atoms with Crippen molar-refractivity contribution in [2.45, 2.75) is 6.92 Å². The molecule has 1 aromatic rings. The van der Waals surface area contributed by atoms with Crippen LogP contribution in [0.15, 0.2) is 24.3 Å². The van der Waals surface area contributed by atoms with E-state index in [-0.39, 0.29) is 0 Å². The topological polar surface area (TPSA) is 18.5 Å². The van der Waals surface area contributed by atoms with Crippen LogP contribution in [0.1, 0.15) is 6.92 Å². The molecular weight excluding hydrogens is 186 g/mol. The Bertz CT molecular complexity index is 307. The molecule has 0 saturated carbocycles. The zero-order valence-corrected chi connectivity index (χ0v) is 9.53. The van der Waals surface area contributed by atoms with Gasteiger partial charge in [-0.25, -0.2) is 0 Å². The fraction of sp³-hybridized carbons (Fsp3) is 0.500. The van der Waals surface area contributed by atoms with Crippen molar-refractivity contribution in [1.82, 2.24) is 4.90 Å². The molecule has 0 spiro atoms. The lowest BCUT2D eigenvalue weighted by Gasteiger charge is -2.18. The van der Waals surface area contributed by atoms with Crippen LogP contribution < -0.4 is 10.2 Å². The van der Waals surface area contributed by atoms with Gasteiger partial charge < -0.3 is 10.2 Å². The average Bonchev–Trinajstić information content (AvgIpc) is 2.67. The molecule has 2 rings (SSSR count). The van der Waals surface area contributed by atoms with Crippen molar-refractivity contribution in [3.8, 4) is 0 Å². The summed E-state index contributed by atoms with van der Waals surface area (Å²) in [6.07, 6.45) is 0. The van der Waals surface area contributed by atoms with Crippen LogP contribution in [-0.4, -0.2) is 38.3 Å². The number of anilines is 2. The first-order valence-electron chi connectivity index (χ1n) is 5.57. The van der Waals surface area contributed by atoms with Gasteiger partial charge in [0.05, 0.1) is 6.67 Å². The quantitative estimate of drug-likeness (QED) is 0.812. The number of hydrogen-bond acceptors (Lipinski definition) is 3. The zero-order valence-electron chi connectivity index (χ0n) is 9.53. The summed E-state index contributed by atoms with van der Waals surface area (Å²) in [5, 5.41) is 3.31. The van der Waals surface area contributed by atoms with Crippen molar-refractivity contribution < 1.29 is 0 Å². The lowest BCUT2D eigenvalue weighted by atomic mass is 10.2. The zero-order chi connectivity index (χ0) is 10.7. The van der Waals surface area contributed by atoms with E-state index in [4.69, 9.17) is 0 Å². The standard InChI is InChI=1S/C12H19N3/c1-3-13-11-4-6-12(7-5-11)15-9-8-14(2)10-15/h4-7,13H,3,8-10H2,1-2H3. The number of benzene rings is 1. The van der Waals surface area contributed by atoms with Crippen LogP contribution in [0.4, 0.5) is 11.4 Å². The summed E-state index contributed by atoms with van der Waals surface area (Å²) in [6, 6.07) is 8.68. The first-order valence-corrected chi connectivity index (χ1v) is 5.57. The Morgan fingerprint density at radius 2 is 1.93 bits per heavy atom. The first kappa shape index (κ1) is 10.3. The number of nitrogens with one attached hydrogen (secondary N) is 1. The van der Waals surface area contributed by atoms with E-state index in [1.165, 1.54) is 11.4 Å². The molecule has 0 aromatic heterocycles. The van der Waals surface area contributed by atoms with E-state index in [9.17, 15) is 0 Å². The van der Waals surface area contributed by atoms with E-state index in [1.54, 1.807) is 0 Å². The highest BCUT2D eigenvalue weighted by atomic mass is 15.4. The normalized spacial score (nSPS) is 17.1. The van der Waals surface area contributed by atoms with E-state index in [1.807, 2.05) is 0 Å². The lowest BCUT2D eigenvalue weighted by Crippen LogP contribution is -2.22. The molecule has 1 aliphatic heterocycles. The highest BCUT2D eigenvalue weighted by molar-refractivity contribution is 5.55. The SMILES string of the molecule is CCNc1ccc(N2CCN(C)C2)cc1. The van der Waals surface area contributed by atoms with Crippen LogP contribution >= 0.6 is 0 Å². The molecule has 3 nitrogen and oxygen atoms in total. The van der Waals surface area contributed by atoms with Gasteiger partial charge in [-0.15, -0.1) is 0 Å². The Balaban J connectivity index is 2.03. The van der Waals surface area contributed by atoms with Crippen LogP contribution in [0, 0.1) is 0 Å². The third kappa shape index (κ3) is 2.42. The molecule has 82 valence electrons. The molecule has 1 saturated heterocycles. The van der Waals surface area contributed by atoms with Crippen molar-refractivity contribution in [2.75, 3.05) is 43.6 Å². The first-order chi connectivity index (χ1) is 7.29. The van der Waals surface area contributed by atoms with Gasteiger partial charge in [-0.2, -0.15) is 0 Å². The average molecular weight is 205 g/mol. The lowest BCUT2D eigenvalue weighted by molar-refractivity contribution is 0.421. The maximum atomic E-state index is 3.31. The highest BCUT2D eigenvalue weighted by Crippen LogP contribution is 2.20. The highest BCUT2D eigenvalue weighted by Gasteiger charge is 2.16. The summed E-state index contributed by atoms with van der Waals surface area (Å²) in [5.41, 5.74) is 2.52. The van der Waals surface area contributed by atoms with Gasteiger partial charge in [0, 0.05) is 31.0 Å². The monoisotopic (exact) mass is 205 g/mol. The third-order valence-corrected chi connectivity index (χ3v) is 2.78. The van der Waals surface area contributed by atoms with Gasteiger partial charge in [0.15, 0.2) is 0 Å². The van der Waals surface area contributed by atoms with Gasteiger partial charge >= 0.3 is 0 Å². The largest absolute Gasteiger partial charge is 0.385 e. The molecular formula is C12H19N3. The summed E-state index contributed by atoms with van der Waals surface area (Å²) in [7, 11) is 2.16. The smallest absolute Gasteiger partial charge is 0.0705 e. The fourth-order valence-electron chi connectivity index (χ4n) is 1.93. The predicted octanol–water partition coefficient (Wildman–Crippen LogP) is 1.83. The van der Waals surface area contributed by atoms with Gasteiger partial charge in [-0.05, 0) is 38.2 Å². The summed E-state index contributed by atoms with van der Waals surface area (Å²) >= 11 is 0. The Morgan fingerprint density at radius 1 is 1.20 bits per heavy atom. The minimum absolute atomic E-state index is 0.978. The van der Waals surface area contributed by atoms with Gasteiger partial charge in [-0.3, -0.25) is 4.90 Å². The predicted molar refractivity (Wildman–Crippen MR) is 65.4 cm³/mol. The Morgan fingerprint density at radius 3 is 2.47 bits per heavy atom. The summed E-state index contributed by atoms with van der Waals surface area (Å²) in [4.78, 5) is 4.73. The number of hydrogen-bond donors (Lipinski definition) is 1.